The fourth-order valence-corrected chi connectivity index (χ4v) is 3.71. The predicted molar refractivity (Wildman–Crippen MR) is 55.5 cm³/mol. The van der Waals surface area contributed by atoms with Crippen LogP contribution in [-0.4, -0.2) is 25.3 Å². The molecule has 1 aliphatic rings. The van der Waals surface area contributed by atoms with Crippen LogP contribution < -0.4 is 5.73 Å². The van der Waals surface area contributed by atoms with Crippen molar-refractivity contribution in [3.8, 4) is 0 Å². The van der Waals surface area contributed by atoms with Crippen LogP contribution in [0.3, 0.4) is 0 Å². The zero-order valence-corrected chi connectivity index (χ0v) is 9.55. The molecule has 14 heavy (non-hydrogen) atoms. The van der Waals surface area contributed by atoms with Crippen molar-refractivity contribution in [2.75, 3.05) is 12.3 Å². The van der Waals surface area contributed by atoms with Crippen molar-refractivity contribution < 1.29 is 13.0 Å². The van der Waals surface area contributed by atoms with Gasteiger partial charge in [-0.2, -0.15) is 8.42 Å². The molecule has 0 saturated heterocycles. The van der Waals surface area contributed by atoms with Crippen molar-refractivity contribution in [2.45, 2.75) is 26.7 Å². The van der Waals surface area contributed by atoms with Gasteiger partial charge in [0.2, 0.25) is 0 Å². The lowest BCUT2D eigenvalue weighted by Gasteiger charge is -2.25. The van der Waals surface area contributed by atoms with Crippen molar-refractivity contribution in [1.29, 1.82) is 0 Å². The topological polar surface area (TPSA) is 80.4 Å². The molecule has 0 aromatic heterocycles. The number of rotatable bonds is 3. The minimum absolute atomic E-state index is 0.189. The Kier molecular flexibility index (Phi) is 3.23. The average Bonchev–Trinajstić information content (AvgIpc) is 2.25. The molecule has 0 aromatic rings. The van der Waals surface area contributed by atoms with Crippen molar-refractivity contribution >= 4 is 10.1 Å². The summed E-state index contributed by atoms with van der Waals surface area (Å²) in [6, 6.07) is 0. The summed E-state index contributed by atoms with van der Waals surface area (Å²) in [7, 11) is -3.90. The maximum atomic E-state index is 10.9. The monoisotopic (exact) mass is 221 g/mol. The summed E-state index contributed by atoms with van der Waals surface area (Å²) in [4.78, 5) is 0. The highest BCUT2D eigenvalue weighted by atomic mass is 32.2. The van der Waals surface area contributed by atoms with E-state index in [4.69, 9.17) is 10.3 Å². The third-order valence-electron chi connectivity index (χ3n) is 3.40. The molecule has 1 unspecified atom stereocenters. The van der Waals surface area contributed by atoms with Crippen LogP contribution in [0.5, 0.6) is 0 Å². The molecule has 3 N–H and O–H groups in total. The maximum absolute atomic E-state index is 10.9. The molecule has 5 heteroatoms. The first-order valence-electron chi connectivity index (χ1n) is 4.93. The maximum Gasteiger partial charge on any atom is 0.265 e. The molecule has 84 valence electrons. The van der Waals surface area contributed by atoms with Gasteiger partial charge in [-0.05, 0) is 36.6 Å². The SMILES string of the molecule is C[C@@H]1CC(CN)(CS(=O)(=O)O)C[C@@H]1C. The van der Waals surface area contributed by atoms with Gasteiger partial charge in [0.15, 0.2) is 0 Å². The second-order valence-electron chi connectivity index (χ2n) is 4.79. The van der Waals surface area contributed by atoms with E-state index in [0.29, 0.717) is 18.4 Å². The first-order chi connectivity index (χ1) is 6.28. The summed E-state index contributed by atoms with van der Waals surface area (Å²) in [6.45, 7) is 4.54. The van der Waals surface area contributed by atoms with Crippen molar-refractivity contribution in [1.82, 2.24) is 0 Å². The normalized spacial score (nSPS) is 38.9. The number of hydrogen-bond acceptors (Lipinski definition) is 3. The smallest absolute Gasteiger partial charge is 0.265 e. The Labute approximate surface area is 85.6 Å². The van der Waals surface area contributed by atoms with Gasteiger partial charge in [-0.1, -0.05) is 13.8 Å². The lowest BCUT2D eigenvalue weighted by atomic mass is 9.87. The summed E-state index contributed by atoms with van der Waals surface area (Å²) in [6.07, 6.45) is 1.59. The molecule has 3 atom stereocenters. The van der Waals surface area contributed by atoms with E-state index in [1.165, 1.54) is 0 Å². The van der Waals surface area contributed by atoms with Gasteiger partial charge < -0.3 is 5.73 Å². The highest BCUT2D eigenvalue weighted by Crippen LogP contribution is 2.45. The Balaban J connectivity index is 2.80. The van der Waals surface area contributed by atoms with Crippen LogP contribution in [-0.2, 0) is 10.1 Å². The summed E-state index contributed by atoms with van der Waals surface area (Å²) in [5.41, 5.74) is 5.23. The van der Waals surface area contributed by atoms with Crippen LogP contribution in [0, 0.1) is 17.3 Å². The molecule has 1 fully saturated rings. The van der Waals surface area contributed by atoms with E-state index in [9.17, 15) is 8.42 Å². The van der Waals surface area contributed by atoms with Gasteiger partial charge in [-0.15, -0.1) is 0 Å². The minimum Gasteiger partial charge on any atom is -0.330 e. The molecule has 1 rings (SSSR count). The molecule has 0 amide bonds. The van der Waals surface area contributed by atoms with E-state index in [1.807, 2.05) is 0 Å². The van der Waals surface area contributed by atoms with Crippen LogP contribution >= 0.6 is 0 Å². The average molecular weight is 221 g/mol. The Morgan fingerprint density at radius 2 is 1.79 bits per heavy atom. The van der Waals surface area contributed by atoms with Gasteiger partial charge in [0.05, 0.1) is 5.75 Å². The lowest BCUT2D eigenvalue weighted by molar-refractivity contribution is 0.324. The van der Waals surface area contributed by atoms with Crippen LogP contribution in [0.1, 0.15) is 26.7 Å². The number of hydrogen-bond donors (Lipinski definition) is 2. The van der Waals surface area contributed by atoms with E-state index in [-0.39, 0.29) is 5.75 Å². The standard InChI is InChI=1S/C9H19NO3S/c1-7-3-9(5-10,4-8(7)2)6-14(11,12)13/h7-8H,3-6,10H2,1-2H3,(H,11,12,13)/t7-,8+,9?. The van der Waals surface area contributed by atoms with Gasteiger partial charge in [0.1, 0.15) is 0 Å². The molecule has 1 saturated carbocycles. The zero-order valence-electron chi connectivity index (χ0n) is 8.73. The van der Waals surface area contributed by atoms with Crippen molar-refractivity contribution in [3.05, 3.63) is 0 Å². The number of nitrogens with two attached hydrogens (primary N) is 1. The Hall–Kier alpha value is -0.130. The summed E-state index contributed by atoms with van der Waals surface area (Å²) in [5.74, 6) is 0.783. The fourth-order valence-electron chi connectivity index (χ4n) is 2.58. The Morgan fingerprint density at radius 1 is 1.36 bits per heavy atom. The fraction of sp³-hybridized carbons (Fsp3) is 1.00. The van der Waals surface area contributed by atoms with Crippen molar-refractivity contribution in [3.63, 3.8) is 0 Å². The lowest BCUT2D eigenvalue weighted by Crippen LogP contribution is -2.35. The quantitative estimate of drug-likeness (QED) is 0.693. The summed E-state index contributed by atoms with van der Waals surface area (Å²) < 4.78 is 30.6. The molecule has 0 aliphatic heterocycles. The molecule has 1 aliphatic carbocycles. The molecule has 0 radical (unpaired) electrons. The molecular weight excluding hydrogens is 202 g/mol. The van der Waals surface area contributed by atoms with Gasteiger partial charge in [-0.3, -0.25) is 4.55 Å². The predicted octanol–water partition coefficient (Wildman–Crippen LogP) is 0.885. The van der Waals surface area contributed by atoms with Crippen LogP contribution in [0.2, 0.25) is 0 Å². The van der Waals surface area contributed by atoms with E-state index >= 15 is 0 Å². The molecule has 0 heterocycles. The largest absolute Gasteiger partial charge is 0.330 e. The molecule has 4 nitrogen and oxygen atoms in total. The van der Waals surface area contributed by atoms with E-state index in [1.54, 1.807) is 0 Å². The van der Waals surface area contributed by atoms with Crippen LogP contribution in [0.4, 0.5) is 0 Å². The Morgan fingerprint density at radius 3 is 2.07 bits per heavy atom. The highest BCUT2D eigenvalue weighted by molar-refractivity contribution is 7.85. The molecule has 0 aromatic carbocycles. The zero-order chi connectivity index (χ0) is 11.0. The first-order valence-corrected chi connectivity index (χ1v) is 6.54. The van der Waals surface area contributed by atoms with Crippen LogP contribution in [0.15, 0.2) is 0 Å². The van der Waals surface area contributed by atoms with Gasteiger partial charge >= 0.3 is 0 Å². The highest BCUT2D eigenvalue weighted by Gasteiger charge is 2.43. The van der Waals surface area contributed by atoms with Crippen molar-refractivity contribution in [2.24, 2.45) is 23.0 Å². The third-order valence-corrected chi connectivity index (χ3v) is 4.38. The molecular formula is C9H19NO3S. The molecule has 0 spiro atoms. The van der Waals surface area contributed by atoms with Gasteiger partial charge in [0, 0.05) is 0 Å². The minimum atomic E-state index is -3.90. The first kappa shape index (κ1) is 11.9. The molecule has 0 bridgehead atoms. The third kappa shape index (κ3) is 2.68. The van der Waals surface area contributed by atoms with E-state index in [2.05, 4.69) is 13.8 Å². The van der Waals surface area contributed by atoms with Crippen LogP contribution in [0.25, 0.3) is 0 Å². The summed E-state index contributed by atoms with van der Waals surface area (Å²) in [5, 5.41) is 0. The van der Waals surface area contributed by atoms with Gasteiger partial charge in [0.25, 0.3) is 10.1 Å². The summed E-state index contributed by atoms with van der Waals surface area (Å²) >= 11 is 0. The Bertz CT molecular complexity index is 289. The second kappa shape index (κ2) is 3.79. The second-order valence-corrected chi connectivity index (χ2v) is 6.25. The van der Waals surface area contributed by atoms with Gasteiger partial charge in [-0.25, -0.2) is 0 Å². The van der Waals surface area contributed by atoms with E-state index in [0.717, 1.165) is 12.8 Å². The van der Waals surface area contributed by atoms with E-state index < -0.39 is 15.5 Å².